The van der Waals surface area contributed by atoms with Gasteiger partial charge in [-0.2, -0.15) is 0 Å². The molecule has 1 N–H and O–H groups in total. The van der Waals surface area contributed by atoms with Gasteiger partial charge in [-0.1, -0.05) is 0 Å². The van der Waals surface area contributed by atoms with Crippen molar-refractivity contribution in [3.05, 3.63) is 46.6 Å². The van der Waals surface area contributed by atoms with Gasteiger partial charge in [-0.25, -0.2) is 0 Å². The summed E-state index contributed by atoms with van der Waals surface area (Å²) in [6.07, 6.45) is 0. The lowest BCUT2D eigenvalue weighted by atomic mass is 10.1. The maximum absolute atomic E-state index is 12.8. The summed E-state index contributed by atoms with van der Waals surface area (Å²) in [5.74, 6) is 1.02. The highest BCUT2D eigenvalue weighted by molar-refractivity contribution is 5.90. The van der Waals surface area contributed by atoms with Gasteiger partial charge in [-0.3, -0.25) is 9.59 Å². The zero-order valence-corrected chi connectivity index (χ0v) is 17.2. The van der Waals surface area contributed by atoms with Gasteiger partial charge in [0.05, 0.1) is 27.9 Å². The predicted octanol–water partition coefficient (Wildman–Crippen LogP) is 3.46. The van der Waals surface area contributed by atoms with Crippen molar-refractivity contribution in [3.63, 3.8) is 0 Å². The molecule has 8 heteroatoms. The smallest absolute Gasteiger partial charge is 0.325 e. The van der Waals surface area contributed by atoms with Gasteiger partial charge >= 0.3 is 5.97 Å². The number of nitrogens with one attached hydrogen (secondary N) is 1. The Hall–Kier alpha value is -3.68. The number of hydrogen-bond acceptors (Lipinski definition) is 8. The van der Waals surface area contributed by atoms with Crippen LogP contribution in [-0.4, -0.2) is 40.5 Å². The minimum absolute atomic E-state index is 0.0691. The van der Waals surface area contributed by atoms with E-state index < -0.39 is 0 Å². The topological polar surface area (TPSA) is 96.2 Å². The van der Waals surface area contributed by atoms with E-state index in [1.165, 1.54) is 27.4 Å². The van der Waals surface area contributed by atoms with Crippen molar-refractivity contribution in [1.29, 1.82) is 0 Å². The zero-order chi connectivity index (χ0) is 21.7. The summed E-state index contributed by atoms with van der Waals surface area (Å²) in [7, 11) is 4.42. The van der Waals surface area contributed by atoms with Gasteiger partial charge in [0.1, 0.15) is 23.3 Å². The number of carbonyl (C=O) groups is 1. The van der Waals surface area contributed by atoms with Crippen LogP contribution in [0.2, 0.25) is 0 Å². The first-order chi connectivity index (χ1) is 14.5. The largest absolute Gasteiger partial charge is 0.493 e. The molecule has 0 spiro atoms. The number of anilines is 1. The molecule has 0 aliphatic rings. The molecule has 0 amide bonds. The van der Waals surface area contributed by atoms with Gasteiger partial charge in [0.25, 0.3) is 0 Å². The molecule has 0 saturated carbocycles. The lowest BCUT2D eigenvalue weighted by Gasteiger charge is -2.14. The molecule has 158 valence electrons. The molecule has 1 aromatic heterocycles. The third kappa shape index (κ3) is 4.17. The maximum Gasteiger partial charge on any atom is 0.325 e. The van der Waals surface area contributed by atoms with Gasteiger partial charge < -0.3 is 28.7 Å². The Morgan fingerprint density at radius 3 is 2.30 bits per heavy atom. The standard InChI is InChI=1S/C22H23NO7/c1-5-29-19(25)12-23-14-8-6-13(7-9-14)16-10-15(24)20-17(30-16)11-18(26-2)21(27-3)22(20)28-4/h6-11,23H,5,12H2,1-4H3. The van der Waals surface area contributed by atoms with E-state index in [2.05, 4.69) is 5.32 Å². The summed E-state index contributed by atoms with van der Waals surface area (Å²) in [6.45, 7) is 2.16. The summed E-state index contributed by atoms with van der Waals surface area (Å²) >= 11 is 0. The van der Waals surface area contributed by atoms with Crippen LogP contribution < -0.4 is 25.0 Å². The van der Waals surface area contributed by atoms with Crippen molar-refractivity contribution in [3.8, 4) is 28.6 Å². The monoisotopic (exact) mass is 413 g/mol. The van der Waals surface area contributed by atoms with Crippen molar-refractivity contribution in [1.82, 2.24) is 0 Å². The van der Waals surface area contributed by atoms with Crippen molar-refractivity contribution in [2.75, 3.05) is 39.8 Å². The number of hydrogen-bond donors (Lipinski definition) is 1. The van der Waals surface area contributed by atoms with Gasteiger partial charge in [-0.15, -0.1) is 0 Å². The maximum atomic E-state index is 12.8. The molecule has 0 aliphatic heterocycles. The molecule has 2 aromatic carbocycles. The number of carbonyl (C=O) groups excluding carboxylic acids is 1. The van der Waals surface area contributed by atoms with E-state index in [0.29, 0.717) is 35.0 Å². The number of benzene rings is 2. The minimum Gasteiger partial charge on any atom is -0.493 e. The second-order valence-electron chi connectivity index (χ2n) is 6.23. The Morgan fingerprint density at radius 1 is 1.00 bits per heavy atom. The van der Waals surface area contributed by atoms with E-state index in [1.807, 2.05) is 0 Å². The SMILES string of the molecule is CCOC(=O)CNc1ccc(-c2cc(=O)c3c(OC)c(OC)c(OC)cc3o2)cc1. The Morgan fingerprint density at radius 2 is 1.70 bits per heavy atom. The third-order valence-corrected chi connectivity index (χ3v) is 4.43. The molecule has 0 bridgehead atoms. The first kappa shape index (κ1) is 21.0. The summed E-state index contributed by atoms with van der Waals surface area (Å²) in [5.41, 5.74) is 1.48. The Balaban J connectivity index is 1.97. The lowest BCUT2D eigenvalue weighted by Crippen LogP contribution is -2.16. The van der Waals surface area contributed by atoms with Crippen molar-refractivity contribution < 1.29 is 28.2 Å². The fourth-order valence-electron chi connectivity index (χ4n) is 3.07. The van der Waals surface area contributed by atoms with Crippen LogP contribution in [0.25, 0.3) is 22.3 Å². The number of ether oxygens (including phenoxy) is 4. The molecule has 1 heterocycles. The molecule has 8 nitrogen and oxygen atoms in total. The van der Waals surface area contributed by atoms with E-state index in [0.717, 1.165) is 5.69 Å². The highest BCUT2D eigenvalue weighted by atomic mass is 16.5. The Kier molecular flexibility index (Phi) is 6.46. The first-order valence-electron chi connectivity index (χ1n) is 9.29. The van der Waals surface area contributed by atoms with Crippen LogP contribution in [0.5, 0.6) is 17.2 Å². The average molecular weight is 413 g/mol. The number of rotatable bonds is 8. The Bertz CT molecular complexity index is 1100. The third-order valence-electron chi connectivity index (χ3n) is 4.43. The van der Waals surface area contributed by atoms with Crippen LogP contribution in [0.3, 0.4) is 0 Å². The van der Waals surface area contributed by atoms with Gasteiger partial charge in [-0.05, 0) is 31.2 Å². The molecule has 0 fully saturated rings. The van der Waals surface area contributed by atoms with E-state index >= 15 is 0 Å². The molecule has 30 heavy (non-hydrogen) atoms. The van der Waals surface area contributed by atoms with Crippen LogP contribution in [0, 0.1) is 0 Å². The predicted molar refractivity (Wildman–Crippen MR) is 113 cm³/mol. The highest BCUT2D eigenvalue weighted by Crippen LogP contribution is 2.42. The van der Waals surface area contributed by atoms with Crippen LogP contribution in [0.4, 0.5) is 5.69 Å². The fraction of sp³-hybridized carbons (Fsp3) is 0.273. The minimum atomic E-state index is -0.333. The number of fused-ring (bicyclic) bond motifs is 1. The first-order valence-corrected chi connectivity index (χ1v) is 9.29. The zero-order valence-electron chi connectivity index (χ0n) is 17.2. The van der Waals surface area contributed by atoms with E-state index in [-0.39, 0.29) is 29.1 Å². The molecule has 0 unspecified atom stereocenters. The van der Waals surface area contributed by atoms with Crippen LogP contribution in [0.1, 0.15) is 6.92 Å². The van der Waals surface area contributed by atoms with Gasteiger partial charge in [0.15, 0.2) is 16.9 Å². The van der Waals surface area contributed by atoms with Gasteiger partial charge in [0.2, 0.25) is 5.75 Å². The Labute approximate surface area is 173 Å². The fourth-order valence-corrected chi connectivity index (χ4v) is 3.07. The molecule has 3 aromatic rings. The van der Waals surface area contributed by atoms with Crippen molar-refractivity contribution in [2.45, 2.75) is 6.92 Å². The summed E-state index contributed by atoms with van der Waals surface area (Å²) < 4.78 is 26.9. The summed E-state index contributed by atoms with van der Waals surface area (Å²) in [5, 5.41) is 3.25. The molecular weight excluding hydrogens is 390 g/mol. The van der Waals surface area contributed by atoms with E-state index in [4.69, 9.17) is 23.4 Å². The molecule has 0 saturated heterocycles. The molecule has 0 radical (unpaired) electrons. The molecule has 0 aliphatic carbocycles. The lowest BCUT2D eigenvalue weighted by molar-refractivity contribution is -0.140. The number of esters is 1. The highest BCUT2D eigenvalue weighted by Gasteiger charge is 2.20. The van der Waals surface area contributed by atoms with Crippen molar-refractivity contribution in [2.24, 2.45) is 0 Å². The molecular formula is C22H23NO7. The second kappa shape index (κ2) is 9.21. The summed E-state index contributed by atoms with van der Waals surface area (Å²) in [4.78, 5) is 24.3. The van der Waals surface area contributed by atoms with E-state index in [9.17, 15) is 9.59 Å². The average Bonchev–Trinajstić information content (AvgIpc) is 2.76. The molecule has 3 rings (SSSR count). The quantitative estimate of drug-likeness (QED) is 0.561. The second-order valence-corrected chi connectivity index (χ2v) is 6.23. The van der Waals surface area contributed by atoms with Crippen molar-refractivity contribution >= 4 is 22.6 Å². The van der Waals surface area contributed by atoms with E-state index in [1.54, 1.807) is 37.3 Å². The van der Waals surface area contributed by atoms with Crippen LogP contribution in [-0.2, 0) is 9.53 Å². The normalized spacial score (nSPS) is 10.5. The van der Waals surface area contributed by atoms with Gasteiger partial charge in [0, 0.05) is 23.4 Å². The summed E-state index contributed by atoms with van der Waals surface area (Å²) in [6, 6.07) is 10.1. The van der Waals surface area contributed by atoms with Crippen LogP contribution in [0.15, 0.2) is 45.6 Å². The molecule has 0 atom stereocenters. The van der Waals surface area contributed by atoms with Crippen LogP contribution >= 0.6 is 0 Å². The number of methoxy groups -OCH3 is 3.